The molecule has 22 heavy (non-hydrogen) atoms. The van der Waals surface area contributed by atoms with Crippen molar-refractivity contribution in [2.24, 2.45) is 0 Å². The second-order valence-electron chi connectivity index (χ2n) is 5.17. The Morgan fingerprint density at radius 1 is 1.50 bits per heavy atom. The largest absolute Gasteiger partial charge is 0.462 e. The maximum Gasteiger partial charge on any atom is 0.346 e. The monoisotopic (exact) mass is 323 g/mol. The number of aryl methyl sites for hydroxylation is 1. The lowest BCUT2D eigenvalue weighted by atomic mass is 10.1. The fourth-order valence-corrected chi connectivity index (χ4v) is 2.58. The molecule has 1 aromatic carbocycles. The van der Waals surface area contributed by atoms with Gasteiger partial charge in [-0.1, -0.05) is 11.6 Å². The fourth-order valence-electron chi connectivity index (χ4n) is 2.30. The van der Waals surface area contributed by atoms with Crippen molar-refractivity contribution in [3.63, 3.8) is 0 Å². The van der Waals surface area contributed by atoms with Gasteiger partial charge in [-0.05, 0) is 32.9 Å². The number of ether oxygens (including phenoxy) is 1. The molecule has 3 N–H and O–H groups in total. The topological polar surface area (TPSA) is 72.7 Å². The van der Waals surface area contributed by atoms with Crippen LogP contribution >= 0.6 is 11.6 Å². The molecule has 0 unspecified atom stereocenters. The zero-order valence-electron chi connectivity index (χ0n) is 12.9. The lowest BCUT2D eigenvalue weighted by Gasteiger charge is -2.13. The van der Waals surface area contributed by atoms with Crippen LogP contribution in [0.3, 0.4) is 0 Å². The number of hydrogen-bond donors (Lipinski definition) is 2. The Balaban J connectivity index is 2.63. The molecule has 0 spiro atoms. The van der Waals surface area contributed by atoms with Gasteiger partial charge in [-0.3, -0.25) is 0 Å². The highest BCUT2D eigenvalue weighted by Crippen LogP contribution is 2.29. The van der Waals surface area contributed by atoms with Gasteiger partial charge in [-0.15, -0.1) is 0 Å². The number of rotatable bonds is 5. The summed E-state index contributed by atoms with van der Waals surface area (Å²) in [6.45, 7) is 5.98. The number of esters is 1. The minimum atomic E-state index is -0.547. The molecule has 1 atom stereocenters. The van der Waals surface area contributed by atoms with Crippen LogP contribution in [0.2, 0.25) is 5.02 Å². The summed E-state index contributed by atoms with van der Waals surface area (Å²) in [5.41, 5.74) is 2.85. The van der Waals surface area contributed by atoms with Crippen LogP contribution in [-0.2, 0) is 4.74 Å². The average Bonchev–Trinajstić information content (AvgIpc) is 2.44. The van der Waals surface area contributed by atoms with E-state index >= 15 is 0 Å². The Morgan fingerprint density at radius 3 is 2.86 bits per heavy atom. The summed E-state index contributed by atoms with van der Waals surface area (Å²) in [5, 5.41) is 14.0. The molecule has 5 nitrogen and oxygen atoms in total. The number of aromatic amines is 1. The van der Waals surface area contributed by atoms with Gasteiger partial charge in [-0.25, -0.2) is 9.78 Å². The number of fused-ring (bicyclic) bond motifs is 1. The number of carbonyl (C=O) groups is 1. The van der Waals surface area contributed by atoms with Crippen LogP contribution in [-0.4, -0.2) is 30.3 Å². The summed E-state index contributed by atoms with van der Waals surface area (Å²) < 4.78 is 5.09. The van der Waals surface area contributed by atoms with E-state index in [0.717, 1.165) is 16.5 Å². The molecule has 0 aliphatic heterocycles. The van der Waals surface area contributed by atoms with E-state index in [4.69, 9.17) is 16.3 Å². The second-order valence-corrected chi connectivity index (χ2v) is 5.61. The van der Waals surface area contributed by atoms with Crippen LogP contribution in [0.1, 0.15) is 29.8 Å². The van der Waals surface area contributed by atoms with Crippen molar-refractivity contribution >= 4 is 34.2 Å². The maximum atomic E-state index is 12.1. The van der Waals surface area contributed by atoms with E-state index < -0.39 is 12.1 Å². The first-order valence-electron chi connectivity index (χ1n) is 7.17. The molecular formula is C16H20ClN2O3+. The van der Waals surface area contributed by atoms with Gasteiger partial charge in [0.2, 0.25) is 5.52 Å². The molecule has 0 fully saturated rings. The number of hydrogen-bond acceptors (Lipinski definition) is 4. The van der Waals surface area contributed by atoms with Gasteiger partial charge in [0, 0.05) is 17.1 Å². The van der Waals surface area contributed by atoms with Crippen molar-refractivity contribution in [3.05, 3.63) is 34.5 Å². The Kier molecular flexibility index (Phi) is 5.21. The van der Waals surface area contributed by atoms with Gasteiger partial charge in [0.1, 0.15) is 5.56 Å². The lowest BCUT2D eigenvalue weighted by Crippen LogP contribution is -2.21. The Bertz CT molecular complexity index is 701. The van der Waals surface area contributed by atoms with E-state index in [1.807, 2.05) is 13.0 Å². The van der Waals surface area contributed by atoms with Gasteiger partial charge in [0.25, 0.3) is 0 Å². The number of benzene rings is 1. The lowest BCUT2D eigenvalue weighted by molar-refractivity contribution is -0.345. The summed E-state index contributed by atoms with van der Waals surface area (Å²) in [6.07, 6.45) is 1.07. The van der Waals surface area contributed by atoms with Crippen molar-refractivity contribution in [2.75, 3.05) is 18.5 Å². The summed E-state index contributed by atoms with van der Waals surface area (Å²) in [7, 11) is 0. The number of anilines is 1. The van der Waals surface area contributed by atoms with Crippen molar-refractivity contribution in [2.45, 2.75) is 26.9 Å². The standard InChI is InChI=1S/C16H19ClN2O3/c1-4-22-16(21)13-8-19-14-9(2)5-11(17)6-12(14)15(13)18-7-10(3)20/h5-6,8,10,20H,4,7H2,1-3H3,(H,18,19)/p+1/t10-/m1/s1. The van der Waals surface area contributed by atoms with E-state index in [1.54, 1.807) is 26.1 Å². The number of aliphatic hydroxyl groups is 1. The Hall–Kier alpha value is -1.85. The number of aliphatic hydroxyl groups excluding tert-OH is 1. The molecule has 2 rings (SSSR count). The number of nitrogens with one attached hydrogen (secondary N) is 2. The van der Waals surface area contributed by atoms with Crippen LogP contribution in [0.5, 0.6) is 0 Å². The van der Waals surface area contributed by atoms with Crippen molar-refractivity contribution in [3.8, 4) is 0 Å². The predicted octanol–water partition coefficient (Wildman–Crippen LogP) is 2.59. The molecule has 118 valence electrons. The first-order chi connectivity index (χ1) is 10.4. The zero-order valence-corrected chi connectivity index (χ0v) is 13.6. The molecule has 0 radical (unpaired) electrons. The second kappa shape index (κ2) is 6.94. The summed E-state index contributed by atoms with van der Waals surface area (Å²) in [5.74, 6) is -0.425. The SMILES string of the molecule is CCOC(=O)c1c[nH+]c2c(C)cc(Cl)cc2c1NC[C@@H](C)O. The highest BCUT2D eigenvalue weighted by molar-refractivity contribution is 6.31. The third kappa shape index (κ3) is 3.48. The molecule has 0 bridgehead atoms. The van der Waals surface area contributed by atoms with Crippen LogP contribution < -0.4 is 10.3 Å². The average molecular weight is 324 g/mol. The van der Waals surface area contributed by atoms with Gasteiger partial charge in [0.15, 0.2) is 6.20 Å². The number of carbonyl (C=O) groups excluding carboxylic acids is 1. The first kappa shape index (κ1) is 16.5. The molecule has 0 aliphatic carbocycles. The third-order valence-corrected chi connectivity index (χ3v) is 3.49. The third-order valence-electron chi connectivity index (χ3n) is 3.27. The molecule has 1 heterocycles. The molecule has 0 saturated carbocycles. The maximum absolute atomic E-state index is 12.1. The Morgan fingerprint density at radius 2 is 2.23 bits per heavy atom. The normalized spacial score (nSPS) is 12.2. The minimum absolute atomic E-state index is 0.293. The van der Waals surface area contributed by atoms with Crippen molar-refractivity contribution in [1.82, 2.24) is 0 Å². The van der Waals surface area contributed by atoms with E-state index in [0.29, 0.717) is 29.4 Å². The van der Waals surface area contributed by atoms with Crippen LogP contribution in [0, 0.1) is 6.92 Å². The Labute approximate surface area is 134 Å². The van der Waals surface area contributed by atoms with E-state index in [1.165, 1.54) is 0 Å². The molecule has 2 aromatic rings. The van der Waals surface area contributed by atoms with Crippen molar-refractivity contribution in [1.29, 1.82) is 0 Å². The molecular weight excluding hydrogens is 304 g/mol. The minimum Gasteiger partial charge on any atom is -0.462 e. The zero-order chi connectivity index (χ0) is 16.3. The van der Waals surface area contributed by atoms with Crippen LogP contribution in [0.15, 0.2) is 18.3 Å². The first-order valence-corrected chi connectivity index (χ1v) is 7.55. The molecule has 0 saturated heterocycles. The summed E-state index contributed by atoms with van der Waals surface area (Å²) >= 11 is 6.14. The van der Waals surface area contributed by atoms with Gasteiger partial charge < -0.3 is 15.2 Å². The summed E-state index contributed by atoms with van der Waals surface area (Å²) in [6, 6.07) is 3.64. The quantitative estimate of drug-likeness (QED) is 0.830. The van der Waals surface area contributed by atoms with E-state index in [-0.39, 0.29) is 0 Å². The molecule has 6 heteroatoms. The van der Waals surface area contributed by atoms with E-state index in [2.05, 4.69) is 10.3 Å². The van der Waals surface area contributed by atoms with E-state index in [9.17, 15) is 9.90 Å². The van der Waals surface area contributed by atoms with Gasteiger partial charge in [-0.2, -0.15) is 0 Å². The van der Waals surface area contributed by atoms with Crippen LogP contribution in [0.4, 0.5) is 5.69 Å². The number of H-pyrrole nitrogens is 1. The smallest absolute Gasteiger partial charge is 0.346 e. The highest BCUT2D eigenvalue weighted by atomic mass is 35.5. The van der Waals surface area contributed by atoms with Crippen molar-refractivity contribution < 1.29 is 19.6 Å². The van der Waals surface area contributed by atoms with Crippen LogP contribution in [0.25, 0.3) is 10.9 Å². The predicted molar refractivity (Wildman–Crippen MR) is 86.4 cm³/mol. The number of halogens is 1. The number of pyridine rings is 1. The van der Waals surface area contributed by atoms with Gasteiger partial charge >= 0.3 is 5.97 Å². The number of aromatic nitrogens is 1. The molecule has 0 amide bonds. The van der Waals surface area contributed by atoms with Gasteiger partial charge in [0.05, 0.1) is 23.8 Å². The summed E-state index contributed by atoms with van der Waals surface area (Å²) in [4.78, 5) is 15.3. The molecule has 0 aliphatic rings. The fraction of sp³-hybridized carbons (Fsp3) is 0.375. The molecule has 1 aromatic heterocycles. The highest BCUT2D eigenvalue weighted by Gasteiger charge is 2.21.